The van der Waals surface area contributed by atoms with E-state index in [1.807, 2.05) is 32.0 Å². The first kappa shape index (κ1) is 13.6. The third-order valence-electron chi connectivity index (χ3n) is 2.66. The number of carbonyl (C=O) groups excluding carboxylic acids is 1. The molecule has 1 rings (SSSR count). The number of nitrogens with two attached hydrogens (primary N) is 1. The molecule has 4 heteroatoms. The summed E-state index contributed by atoms with van der Waals surface area (Å²) in [4.78, 5) is 15.8. The van der Waals surface area contributed by atoms with Gasteiger partial charge in [0.1, 0.15) is 0 Å². The Bertz CT molecular complexity index is 338. The summed E-state index contributed by atoms with van der Waals surface area (Å²) in [6.07, 6.45) is 3.54. The van der Waals surface area contributed by atoms with Gasteiger partial charge in [-0.1, -0.05) is 19.9 Å². The summed E-state index contributed by atoms with van der Waals surface area (Å²) in [7, 11) is 0. The summed E-state index contributed by atoms with van der Waals surface area (Å²) in [5.74, 6) is 0.104. The number of aromatic nitrogens is 1. The van der Waals surface area contributed by atoms with E-state index in [9.17, 15) is 4.79 Å². The molecule has 0 unspecified atom stereocenters. The van der Waals surface area contributed by atoms with Gasteiger partial charge in [0.15, 0.2) is 0 Å². The van der Waals surface area contributed by atoms with Crippen LogP contribution in [0.15, 0.2) is 24.4 Å². The Morgan fingerprint density at radius 2 is 2.24 bits per heavy atom. The summed E-state index contributed by atoms with van der Waals surface area (Å²) in [6.45, 7) is 4.53. The van der Waals surface area contributed by atoms with Gasteiger partial charge in [0, 0.05) is 18.4 Å². The van der Waals surface area contributed by atoms with Crippen molar-refractivity contribution in [2.24, 2.45) is 11.7 Å². The minimum absolute atomic E-state index is 0.0685. The fourth-order valence-corrected chi connectivity index (χ4v) is 1.45. The minimum atomic E-state index is -0.412. The SMILES string of the molecule is CC(C)[C@H](N)C(=O)NCCCc1ccccn1. The molecule has 0 aliphatic carbocycles. The molecule has 0 radical (unpaired) electrons. The zero-order valence-electron chi connectivity index (χ0n) is 10.5. The first-order chi connectivity index (χ1) is 8.11. The third-order valence-corrected chi connectivity index (χ3v) is 2.66. The maximum absolute atomic E-state index is 11.5. The van der Waals surface area contributed by atoms with Gasteiger partial charge < -0.3 is 11.1 Å². The van der Waals surface area contributed by atoms with Crippen LogP contribution < -0.4 is 11.1 Å². The van der Waals surface area contributed by atoms with E-state index in [0.29, 0.717) is 6.54 Å². The van der Waals surface area contributed by atoms with Crippen LogP contribution in [0.25, 0.3) is 0 Å². The Labute approximate surface area is 103 Å². The molecular weight excluding hydrogens is 214 g/mol. The van der Waals surface area contributed by atoms with E-state index < -0.39 is 6.04 Å². The van der Waals surface area contributed by atoms with Crippen LogP contribution in [-0.4, -0.2) is 23.5 Å². The summed E-state index contributed by atoms with van der Waals surface area (Å²) in [6, 6.07) is 5.44. The third kappa shape index (κ3) is 4.95. The van der Waals surface area contributed by atoms with Gasteiger partial charge >= 0.3 is 0 Å². The number of nitrogens with one attached hydrogen (secondary N) is 1. The standard InChI is InChI=1S/C13H21N3O/c1-10(2)12(14)13(17)16-9-5-7-11-6-3-4-8-15-11/h3-4,6,8,10,12H,5,7,9,14H2,1-2H3,(H,16,17)/t12-/m0/s1. The molecule has 0 aliphatic heterocycles. The second-order valence-corrected chi connectivity index (χ2v) is 4.49. The van der Waals surface area contributed by atoms with E-state index in [4.69, 9.17) is 5.73 Å². The lowest BCUT2D eigenvalue weighted by Gasteiger charge is -2.15. The Balaban J connectivity index is 2.18. The highest BCUT2D eigenvalue weighted by Gasteiger charge is 2.15. The van der Waals surface area contributed by atoms with E-state index in [-0.39, 0.29) is 11.8 Å². The summed E-state index contributed by atoms with van der Waals surface area (Å²) in [5.41, 5.74) is 6.78. The highest BCUT2D eigenvalue weighted by molar-refractivity contribution is 5.81. The summed E-state index contributed by atoms with van der Waals surface area (Å²) in [5, 5.41) is 2.84. The van der Waals surface area contributed by atoms with Crippen LogP contribution in [-0.2, 0) is 11.2 Å². The predicted molar refractivity (Wildman–Crippen MR) is 68.4 cm³/mol. The molecule has 1 aromatic rings. The van der Waals surface area contributed by atoms with Crippen molar-refractivity contribution in [3.05, 3.63) is 30.1 Å². The van der Waals surface area contributed by atoms with Crippen LogP contribution in [0.2, 0.25) is 0 Å². The molecule has 0 aliphatic rings. The number of amides is 1. The van der Waals surface area contributed by atoms with Crippen molar-refractivity contribution in [3.8, 4) is 0 Å². The smallest absolute Gasteiger partial charge is 0.237 e. The molecule has 1 heterocycles. The molecule has 0 fully saturated rings. The number of pyridine rings is 1. The maximum atomic E-state index is 11.5. The van der Waals surface area contributed by atoms with E-state index >= 15 is 0 Å². The maximum Gasteiger partial charge on any atom is 0.237 e. The topological polar surface area (TPSA) is 68.0 Å². The van der Waals surface area contributed by atoms with Gasteiger partial charge in [-0.3, -0.25) is 9.78 Å². The highest BCUT2D eigenvalue weighted by Crippen LogP contribution is 1.99. The fraction of sp³-hybridized carbons (Fsp3) is 0.538. The minimum Gasteiger partial charge on any atom is -0.355 e. The Hall–Kier alpha value is -1.42. The Kier molecular flexibility index (Phi) is 5.63. The second-order valence-electron chi connectivity index (χ2n) is 4.49. The van der Waals surface area contributed by atoms with Crippen molar-refractivity contribution >= 4 is 5.91 Å². The molecule has 0 bridgehead atoms. The van der Waals surface area contributed by atoms with E-state index in [1.54, 1.807) is 6.20 Å². The first-order valence-corrected chi connectivity index (χ1v) is 6.04. The molecule has 0 aromatic carbocycles. The molecule has 0 spiro atoms. The molecule has 0 saturated heterocycles. The molecule has 0 saturated carbocycles. The zero-order valence-corrected chi connectivity index (χ0v) is 10.5. The van der Waals surface area contributed by atoms with Gasteiger partial charge in [-0.05, 0) is 30.9 Å². The summed E-state index contributed by atoms with van der Waals surface area (Å²) >= 11 is 0. The lowest BCUT2D eigenvalue weighted by molar-refractivity contribution is -0.123. The van der Waals surface area contributed by atoms with Gasteiger partial charge in [0.2, 0.25) is 5.91 Å². The Morgan fingerprint density at radius 1 is 1.47 bits per heavy atom. The van der Waals surface area contributed by atoms with Crippen molar-refractivity contribution in [3.63, 3.8) is 0 Å². The molecule has 3 N–H and O–H groups in total. The van der Waals surface area contributed by atoms with Gasteiger partial charge in [-0.15, -0.1) is 0 Å². The van der Waals surface area contributed by atoms with Crippen molar-refractivity contribution in [2.45, 2.75) is 32.7 Å². The molecule has 1 atom stereocenters. The molecule has 17 heavy (non-hydrogen) atoms. The van der Waals surface area contributed by atoms with E-state index in [2.05, 4.69) is 10.3 Å². The van der Waals surface area contributed by atoms with Crippen LogP contribution in [0.5, 0.6) is 0 Å². The lowest BCUT2D eigenvalue weighted by Crippen LogP contribution is -2.44. The molecule has 1 amide bonds. The normalized spacial score (nSPS) is 12.5. The average molecular weight is 235 g/mol. The van der Waals surface area contributed by atoms with Gasteiger partial charge in [0.05, 0.1) is 6.04 Å². The fourth-order valence-electron chi connectivity index (χ4n) is 1.45. The molecule has 4 nitrogen and oxygen atoms in total. The largest absolute Gasteiger partial charge is 0.355 e. The van der Waals surface area contributed by atoms with Crippen LogP contribution >= 0.6 is 0 Å². The van der Waals surface area contributed by atoms with Crippen molar-refractivity contribution in [1.82, 2.24) is 10.3 Å². The molecule has 94 valence electrons. The van der Waals surface area contributed by atoms with Crippen molar-refractivity contribution in [1.29, 1.82) is 0 Å². The van der Waals surface area contributed by atoms with E-state index in [0.717, 1.165) is 18.5 Å². The van der Waals surface area contributed by atoms with Crippen molar-refractivity contribution < 1.29 is 4.79 Å². The predicted octanol–water partition coefficient (Wildman–Crippen LogP) is 1.11. The van der Waals surface area contributed by atoms with Crippen molar-refractivity contribution in [2.75, 3.05) is 6.54 Å². The van der Waals surface area contributed by atoms with Gasteiger partial charge in [-0.25, -0.2) is 0 Å². The number of aryl methyl sites for hydroxylation is 1. The lowest BCUT2D eigenvalue weighted by atomic mass is 10.1. The van der Waals surface area contributed by atoms with Crippen LogP contribution in [0.4, 0.5) is 0 Å². The van der Waals surface area contributed by atoms with Crippen LogP contribution in [0, 0.1) is 5.92 Å². The number of carbonyl (C=O) groups is 1. The number of hydrogen-bond donors (Lipinski definition) is 2. The van der Waals surface area contributed by atoms with Gasteiger partial charge in [-0.2, -0.15) is 0 Å². The van der Waals surface area contributed by atoms with Gasteiger partial charge in [0.25, 0.3) is 0 Å². The molecule has 1 aromatic heterocycles. The van der Waals surface area contributed by atoms with E-state index in [1.165, 1.54) is 0 Å². The zero-order chi connectivity index (χ0) is 12.7. The number of rotatable bonds is 6. The quantitative estimate of drug-likeness (QED) is 0.726. The monoisotopic (exact) mass is 235 g/mol. The number of hydrogen-bond acceptors (Lipinski definition) is 3. The van der Waals surface area contributed by atoms with Crippen LogP contribution in [0.1, 0.15) is 26.0 Å². The molecular formula is C13H21N3O. The summed E-state index contributed by atoms with van der Waals surface area (Å²) < 4.78 is 0. The second kappa shape index (κ2) is 7.01. The highest BCUT2D eigenvalue weighted by atomic mass is 16.2. The van der Waals surface area contributed by atoms with Crippen LogP contribution in [0.3, 0.4) is 0 Å². The Morgan fingerprint density at radius 3 is 2.82 bits per heavy atom. The first-order valence-electron chi connectivity index (χ1n) is 6.04. The average Bonchev–Trinajstić information content (AvgIpc) is 2.34. The number of nitrogens with zero attached hydrogens (tertiary/aromatic N) is 1.